The van der Waals surface area contributed by atoms with Gasteiger partial charge in [-0.25, -0.2) is 4.98 Å². The van der Waals surface area contributed by atoms with Crippen molar-refractivity contribution in [1.82, 2.24) is 19.8 Å². The molecule has 1 saturated heterocycles. The highest BCUT2D eigenvalue weighted by Crippen LogP contribution is 2.30. The Morgan fingerprint density at radius 1 is 1.17 bits per heavy atom. The Morgan fingerprint density at radius 2 is 1.96 bits per heavy atom. The molecule has 0 unspecified atom stereocenters. The number of nitrogens with one attached hydrogen (secondary N) is 1. The van der Waals surface area contributed by atoms with Crippen molar-refractivity contribution in [3.05, 3.63) is 30.1 Å². The van der Waals surface area contributed by atoms with Crippen LogP contribution in [0.4, 0.5) is 0 Å². The fourth-order valence-electron chi connectivity index (χ4n) is 3.71. The summed E-state index contributed by atoms with van der Waals surface area (Å²) in [6, 6.07) is 8.14. The van der Waals surface area contributed by atoms with Gasteiger partial charge in [-0.3, -0.25) is 9.69 Å². The van der Waals surface area contributed by atoms with Gasteiger partial charge in [-0.05, 0) is 24.5 Å². The zero-order valence-corrected chi connectivity index (χ0v) is 14.2. The van der Waals surface area contributed by atoms with Crippen LogP contribution in [0.25, 0.3) is 11.0 Å². The second kappa shape index (κ2) is 6.93. The number of nitrogens with zero attached hydrogens (tertiary/aromatic N) is 3. The second-order valence-electron chi connectivity index (χ2n) is 7.19. The number of hydrogen-bond donors (Lipinski definition) is 1. The van der Waals surface area contributed by atoms with E-state index in [0.717, 1.165) is 68.3 Å². The smallest absolute Gasteiger partial charge is 0.222 e. The topological polar surface area (TPSA) is 52.2 Å². The van der Waals surface area contributed by atoms with E-state index in [0.29, 0.717) is 5.91 Å². The van der Waals surface area contributed by atoms with Crippen molar-refractivity contribution in [2.45, 2.75) is 38.6 Å². The number of carbonyl (C=O) groups excluding carboxylic acids is 1. The van der Waals surface area contributed by atoms with Gasteiger partial charge in [0.15, 0.2) is 0 Å². The second-order valence-corrected chi connectivity index (χ2v) is 7.19. The highest BCUT2D eigenvalue weighted by Gasteiger charge is 2.24. The first-order valence-electron chi connectivity index (χ1n) is 9.22. The molecule has 0 atom stereocenters. The lowest BCUT2D eigenvalue weighted by Crippen LogP contribution is -2.48. The fraction of sp³-hybridized carbons (Fsp3) is 0.579. The number of piperazine rings is 1. The standard InChI is InChI=1S/C19H26N4O/c24-19(9-8-15-4-3-5-15)23-12-10-22(11-13-23)14-18-20-16-6-1-2-7-17(16)21-18/h1-2,6-7,15H,3-5,8-14H2,(H,20,21). The molecule has 0 spiro atoms. The molecule has 1 aliphatic heterocycles. The van der Waals surface area contributed by atoms with E-state index in [9.17, 15) is 4.79 Å². The molecule has 4 rings (SSSR count). The van der Waals surface area contributed by atoms with Crippen molar-refractivity contribution >= 4 is 16.9 Å². The van der Waals surface area contributed by atoms with Crippen molar-refractivity contribution in [2.24, 2.45) is 5.92 Å². The van der Waals surface area contributed by atoms with Crippen LogP contribution < -0.4 is 0 Å². The lowest BCUT2D eigenvalue weighted by Gasteiger charge is -2.35. The molecule has 128 valence electrons. The van der Waals surface area contributed by atoms with E-state index in [1.165, 1.54) is 19.3 Å². The van der Waals surface area contributed by atoms with E-state index in [1.54, 1.807) is 0 Å². The highest BCUT2D eigenvalue weighted by atomic mass is 16.2. The maximum Gasteiger partial charge on any atom is 0.222 e. The first-order chi connectivity index (χ1) is 11.8. The minimum atomic E-state index is 0.352. The van der Waals surface area contributed by atoms with E-state index in [-0.39, 0.29) is 0 Å². The molecule has 1 amide bonds. The van der Waals surface area contributed by atoms with Crippen molar-refractivity contribution < 1.29 is 4.79 Å². The monoisotopic (exact) mass is 326 g/mol. The number of para-hydroxylation sites is 2. The largest absolute Gasteiger partial charge is 0.341 e. The summed E-state index contributed by atoms with van der Waals surface area (Å²) in [4.78, 5) is 24.8. The number of benzene rings is 1. The molecule has 2 aromatic rings. The molecule has 1 aromatic carbocycles. The van der Waals surface area contributed by atoms with E-state index in [2.05, 4.69) is 20.9 Å². The third-order valence-corrected chi connectivity index (χ3v) is 5.53. The summed E-state index contributed by atoms with van der Waals surface area (Å²) in [5.41, 5.74) is 2.12. The number of rotatable bonds is 5. The summed E-state index contributed by atoms with van der Waals surface area (Å²) in [5, 5.41) is 0. The van der Waals surface area contributed by atoms with Crippen molar-refractivity contribution in [3.8, 4) is 0 Å². The highest BCUT2D eigenvalue weighted by molar-refractivity contribution is 5.76. The molecule has 2 heterocycles. The minimum Gasteiger partial charge on any atom is -0.341 e. The molecule has 1 saturated carbocycles. The van der Waals surface area contributed by atoms with Gasteiger partial charge in [-0.1, -0.05) is 31.4 Å². The number of aromatic amines is 1. The minimum absolute atomic E-state index is 0.352. The van der Waals surface area contributed by atoms with Gasteiger partial charge >= 0.3 is 0 Å². The summed E-state index contributed by atoms with van der Waals surface area (Å²) in [5.74, 6) is 2.19. The molecule has 2 fully saturated rings. The predicted octanol–water partition coefficient (Wildman–Crippen LogP) is 2.79. The van der Waals surface area contributed by atoms with Crippen molar-refractivity contribution in [3.63, 3.8) is 0 Å². The van der Waals surface area contributed by atoms with Crippen LogP contribution in [0.5, 0.6) is 0 Å². The molecular formula is C19H26N4O. The van der Waals surface area contributed by atoms with Crippen molar-refractivity contribution in [1.29, 1.82) is 0 Å². The molecule has 0 radical (unpaired) electrons. The Labute approximate surface area is 143 Å². The van der Waals surface area contributed by atoms with Crippen LogP contribution in [-0.4, -0.2) is 51.9 Å². The maximum atomic E-state index is 12.3. The van der Waals surface area contributed by atoms with Crippen LogP contribution in [0.2, 0.25) is 0 Å². The summed E-state index contributed by atoms with van der Waals surface area (Å²) in [6.45, 7) is 4.41. The molecule has 5 nitrogen and oxygen atoms in total. The molecule has 1 N–H and O–H groups in total. The van der Waals surface area contributed by atoms with Gasteiger partial charge in [0, 0.05) is 32.6 Å². The summed E-state index contributed by atoms with van der Waals surface area (Å²) in [7, 11) is 0. The molecule has 5 heteroatoms. The fourth-order valence-corrected chi connectivity index (χ4v) is 3.71. The number of fused-ring (bicyclic) bond motifs is 1. The molecule has 1 aliphatic carbocycles. The Balaban J connectivity index is 1.25. The normalized spacial score (nSPS) is 19.6. The Kier molecular flexibility index (Phi) is 4.52. The molecule has 24 heavy (non-hydrogen) atoms. The Morgan fingerprint density at radius 3 is 2.67 bits per heavy atom. The quantitative estimate of drug-likeness (QED) is 0.919. The number of imidazole rings is 1. The van der Waals surface area contributed by atoms with Gasteiger partial charge in [-0.2, -0.15) is 0 Å². The summed E-state index contributed by atoms with van der Waals surface area (Å²) >= 11 is 0. The third kappa shape index (κ3) is 3.46. The Hall–Kier alpha value is -1.88. The predicted molar refractivity (Wildman–Crippen MR) is 94.5 cm³/mol. The first-order valence-corrected chi connectivity index (χ1v) is 9.22. The van der Waals surface area contributed by atoms with E-state index in [1.807, 2.05) is 23.1 Å². The van der Waals surface area contributed by atoms with E-state index in [4.69, 9.17) is 0 Å². The van der Waals surface area contributed by atoms with Gasteiger partial charge < -0.3 is 9.88 Å². The number of H-pyrrole nitrogens is 1. The van der Waals surface area contributed by atoms with E-state index >= 15 is 0 Å². The van der Waals surface area contributed by atoms with Crippen molar-refractivity contribution in [2.75, 3.05) is 26.2 Å². The lowest BCUT2D eigenvalue weighted by atomic mass is 9.82. The Bertz CT molecular complexity index is 665. The first kappa shape index (κ1) is 15.6. The summed E-state index contributed by atoms with van der Waals surface area (Å²) < 4.78 is 0. The van der Waals surface area contributed by atoms with E-state index < -0.39 is 0 Å². The van der Waals surface area contributed by atoms with Gasteiger partial charge in [0.1, 0.15) is 5.82 Å². The summed E-state index contributed by atoms with van der Waals surface area (Å²) in [6.07, 6.45) is 5.86. The number of amides is 1. The number of aromatic nitrogens is 2. The average Bonchev–Trinajstić information content (AvgIpc) is 2.96. The van der Waals surface area contributed by atoms with Crippen LogP contribution in [-0.2, 0) is 11.3 Å². The van der Waals surface area contributed by atoms with Crippen LogP contribution in [0.1, 0.15) is 37.9 Å². The molecule has 1 aromatic heterocycles. The maximum absolute atomic E-state index is 12.3. The SMILES string of the molecule is O=C(CCC1CCC1)N1CCN(Cc2nc3ccccc3[nH]2)CC1. The van der Waals surface area contributed by atoms with Crippen LogP contribution in [0, 0.1) is 5.92 Å². The molecule has 0 bridgehead atoms. The zero-order valence-electron chi connectivity index (χ0n) is 14.2. The molecule has 2 aliphatic rings. The van der Waals surface area contributed by atoms with Gasteiger partial charge in [0.25, 0.3) is 0 Å². The van der Waals surface area contributed by atoms with Gasteiger partial charge in [0.05, 0.1) is 17.6 Å². The third-order valence-electron chi connectivity index (χ3n) is 5.53. The van der Waals surface area contributed by atoms with Crippen LogP contribution in [0.3, 0.4) is 0 Å². The zero-order chi connectivity index (χ0) is 16.4. The van der Waals surface area contributed by atoms with Crippen LogP contribution in [0.15, 0.2) is 24.3 Å². The molecular weight excluding hydrogens is 300 g/mol. The lowest BCUT2D eigenvalue weighted by molar-refractivity contribution is -0.133. The average molecular weight is 326 g/mol. The number of carbonyl (C=O) groups is 1. The number of hydrogen-bond acceptors (Lipinski definition) is 3. The van der Waals surface area contributed by atoms with Crippen LogP contribution >= 0.6 is 0 Å². The van der Waals surface area contributed by atoms with Gasteiger partial charge in [-0.15, -0.1) is 0 Å². The van der Waals surface area contributed by atoms with Gasteiger partial charge in [0.2, 0.25) is 5.91 Å².